The Hall–Kier alpha value is -1.99. The van der Waals surface area contributed by atoms with E-state index in [1.807, 2.05) is 0 Å². The first-order chi connectivity index (χ1) is 7.70. The lowest BCUT2D eigenvalue weighted by atomic mass is 10.2. The minimum atomic E-state index is -5.05. The standard InChI is InChI=1S/C9H8F3NO4/c1-4-3-13-5(2-6(14)15)8(7(4)16)17-9(10,11)12/h3H,2H2,1H3,(H,13,16)(H,14,15). The number of halogens is 3. The van der Waals surface area contributed by atoms with Gasteiger partial charge in [0.2, 0.25) is 5.43 Å². The van der Waals surface area contributed by atoms with Crippen molar-refractivity contribution in [1.82, 2.24) is 4.98 Å². The number of aryl methyl sites for hydroxylation is 1. The van der Waals surface area contributed by atoms with Crippen LogP contribution in [0.2, 0.25) is 0 Å². The molecule has 5 nitrogen and oxygen atoms in total. The maximum Gasteiger partial charge on any atom is 0.573 e. The van der Waals surface area contributed by atoms with Gasteiger partial charge in [0.05, 0.1) is 12.1 Å². The zero-order valence-electron chi connectivity index (χ0n) is 8.59. The van der Waals surface area contributed by atoms with E-state index in [1.165, 1.54) is 6.92 Å². The Labute approximate surface area is 92.8 Å². The molecular formula is C9H8F3NO4. The molecule has 1 aromatic heterocycles. The van der Waals surface area contributed by atoms with Crippen LogP contribution in [0.5, 0.6) is 5.75 Å². The summed E-state index contributed by atoms with van der Waals surface area (Å²) in [5, 5.41) is 8.49. The second-order valence-corrected chi connectivity index (χ2v) is 3.23. The maximum absolute atomic E-state index is 12.0. The number of rotatable bonds is 3. The third-order valence-electron chi connectivity index (χ3n) is 1.85. The van der Waals surface area contributed by atoms with Crippen LogP contribution in [-0.4, -0.2) is 22.4 Å². The van der Waals surface area contributed by atoms with Crippen molar-refractivity contribution in [3.05, 3.63) is 27.7 Å². The first-order valence-corrected chi connectivity index (χ1v) is 4.39. The molecule has 1 heterocycles. The van der Waals surface area contributed by atoms with E-state index in [1.54, 1.807) is 0 Å². The lowest BCUT2D eigenvalue weighted by molar-refractivity contribution is -0.275. The number of carboxylic acid groups (broad SMARTS) is 1. The van der Waals surface area contributed by atoms with Crippen LogP contribution in [0.4, 0.5) is 13.2 Å². The number of carbonyl (C=O) groups is 1. The van der Waals surface area contributed by atoms with Crippen LogP contribution in [0.15, 0.2) is 11.0 Å². The van der Waals surface area contributed by atoms with E-state index in [9.17, 15) is 22.8 Å². The van der Waals surface area contributed by atoms with Gasteiger partial charge in [0.1, 0.15) is 0 Å². The molecule has 0 radical (unpaired) electrons. The van der Waals surface area contributed by atoms with E-state index in [4.69, 9.17) is 5.11 Å². The summed E-state index contributed by atoms with van der Waals surface area (Å²) in [5.74, 6) is -2.41. The Kier molecular flexibility index (Phi) is 3.45. The number of hydrogen-bond donors (Lipinski definition) is 2. The van der Waals surface area contributed by atoms with Gasteiger partial charge in [-0.3, -0.25) is 9.59 Å². The fourth-order valence-electron chi connectivity index (χ4n) is 1.15. The van der Waals surface area contributed by atoms with Crippen molar-refractivity contribution in [3.63, 3.8) is 0 Å². The highest BCUT2D eigenvalue weighted by Gasteiger charge is 2.34. The van der Waals surface area contributed by atoms with E-state index in [-0.39, 0.29) is 5.56 Å². The molecule has 0 spiro atoms. The molecule has 1 aromatic rings. The summed E-state index contributed by atoms with van der Waals surface area (Å²) < 4.78 is 39.7. The molecule has 0 aliphatic rings. The maximum atomic E-state index is 12.0. The summed E-state index contributed by atoms with van der Waals surface area (Å²) >= 11 is 0. The average molecular weight is 251 g/mol. The number of alkyl halides is 3. The molecule has 8 heteroatoms. The van der Waals surface area contributed by atoms with Gasteiger partial charge in [-0.15, -0.1) is 13.2 Å². The smallest absolute Gasteiger partial charge is 0.481 e. The lowest BCUT2D eigenvalue weighted by Crippen LogP contribution is -2.25. The molecule has 0 aliphatic carbocycles. The summed E-state index contributed by atoms with van der Waals surface area (Å²) in [6, 6.07) is 0. The molecule has 94 valence electrons. The molecule has 0 amide bonds. The van der Waals surface area contributed by atoms with Crippen molar-refractivity contribution in [2.24, 2.45) is 0 Å². The van der Waals surface area contributed by atoms with Gasteiger partial charge < -0.3 is 14.8 Å². The minimum Gasteiger partial charge on any atom is -0.481 e. The van der Waals surface area contributed by atoms with Crippen LogP contribution in [0.25, 0.3) is 0 Å². The Balaban J connectivity index is 3.26. The predicted molar refractivity (Wildman–Crippen MR) is 49.8 cm³/mol. The quantitative estimate of drug-likeness (QED) is 0.846. The number of hydrogen-bond acceptors (Lipinski definition) is 3. The number of aromatic amines is 1. The van der Waals surface area contributed by atoms with Crippen LogP contribution in [-0.2, 0) is 11.2 Å². The fourth-order valence-corrected chi connectivity index (χ4v) is 1.15. The Morgan fingerprint density at radius 3 is 2.59 bits per heavy atom. The van der Waals surface area contributed by atoms with Crippen LogP contribution < -0.4 is 10.2 Å². The number of aromatic nitrogens is 1. The van der Waals surface area contributed by atoms with Crippen molar-refractivity contribution in [3.8, 4) is 5.75 Å². The Morgan fingerprint density at radius 1 is 1.53 bits per heavy atom. The monoisotopic (exact) mass is 251 g/mol. The first kappa shape index (κ1) is 13.1. The molecule has 0 fully saturated rings. The number of aliphatic carboxylic acids is 1. The third-order valence-corrected chi connectivity index (χ3v) is 1.85. The van der Waals surface area contributed by atoms with Crippen LogP contribution in [0.3, 0.4) is 0 Å². The zero-order chi connectivity index (χ0) is 13.2. The van der Waals surface area contributed by atoms with Gasteiger partial charge in [0.15, 0.2) is 5.75 Å². The fraction of sp³-hybridized carbons (Fsp3) is 0.333. The zero-order valence-corrected chi connectivity index (χ0v) is 8.59. The van der Waals surface area contributed by atoms with Gasteiger partial charge in [-0.2, -0.15) is 0 Å². The topological polar surface area (TPSA) is 79.4 Å². The SMILES string of the molecule is Cc1c[nH]c(CC(=O)O)c(OC(F)(F)F)c1=O. The molecule has 17 heavy (non-hydrogen) atoms. The minimum absolute atomic E-state index is 0.00149. The van der Waals surface area contributed by atoms with E-state index in [0.29, 0.717) is 0 Å². The number of pyridine rings is 1. The number of ether oxygens (including phenoxy) is 1. The van der Waals surface area contributed by atoms with Crippen molar-refractivity contribution in [1.29, 1.82) is 0 Å². The molecule has 2 N–H and O–H groups in total. The van der Waals surface area contributed by atoms with Crippen LogP contribution in [0, 0.1) is 6.92 Å². The molecular weight excluding hydrogens is 243 g/mol. The van der Waals surface area contributed by atoms with Gasteiger partial charge in [-0.05, 0) is 6.92 Å². The van der Waals surface area contributed by atoms with Crippen molar-refractivity contribution >= 4 is 5.97 Å². The molecule has 0 aliphatic heterocycles. The number of H-pyrrole nitrogens is 1. The van der Waals surface area contributed by atoms with Crippen LogP contribution in [0.1, 0.15) is 11.3 Å². The average Bonchev–Trinajstić information content (AvgIpc) is 2.15. The molecule has 0 atom stereocenters. The number of nitrogens with one attached hydrogen (secondary N) is 1. The van der Waals surface area contributed by atoms with E-state index < -0.39 is 35.6 Å². The summed E-state index contributed by atoms with van der Waals surface area (Å²) in [7, 11) is 0. The van der Waals surface area contributed by atoms with E-state index >= 15 is 0 Å². The summed E-state index contributed by atoms with van der Waals surface area (Å²) in [4.78, 5) is 24.1. The lowest BCUT2D eigenvalue weighted by Gasteiger charge is -2.12. The van der Waals surface area contributed by atoms with Gasteiger partial charge >= 0.3 is 12.3 Å². The van der Waals surface area contributed by atoms with E-state index in [0.717, 1.165) is 6.20 Å². The third kappa shape index (κ3) is 3.51. The first-order valence-electron chi connectivity index (χ1n) is 4.39. The second kappa shape index (κ2) is 4.48. The Morgan fingerprint density at radius 2 is 2.12 bits per heavy atom. The van der Waals surface area contributed by atoms with Crippen molar-refractivity contribution < 1.29 is 27.8 Å². The number of carboxylic acids is 1. The second-order valence-electron chi connectivity index (χ2n) is 3.23. The Bertz CT molecular complexity index is 492. The molecule has 0 saturated heterocycles. The van der Waals surface area contributed by atoms with Crippen LogP contribution >= 0.6 is 0 Å². The van der Waals surface area contributed by atoms with Gasteiger partial charge in [-0.25, -0.2) is 0 Å². The van der Waals surface area contributed by atoms with Crippen molar-refractivity contribution in [2.75, 3.05) is 0 Å². The highest BCUT2D eigenvalue weighted by molar-refractivity contribution is 5.70. The molecule has 0 bridgehead atoms. The van der Waals surface area contributed by atoms with Gasteiger partial charge in [0, 0.05) is 11.8 Å². The van der Waals surface area contributed by atoms with E-state index in [2.05, 4.69) is 9.72 Å². The highest BCUT2D eigenvalue weighted by atomic mass is 19.4. The van der Waals surface area contributed by atoms with Gasteiger partial charge in [0.25, 0.3) is 0 Å². The summed E-state index contributed by atoms with van der Waals surface area (Å²) in [6.45, 7) is 1.28. The largest absolute Gasteiger partial charge is 0.573 e. The summed E-state index contributed by atoms with van der Waals surface area (Å²) in [5.41, 5.74) is -1.42. The summed E-state index contributed by atoms with van der Waals surface area (Å²) in [6.07, 6.45) is -4.68. The van der Waals surface area contributed by atoms with Crippen molar-refractivity contribution in [2.45, 2.75) is 19.7 Å². The molecule has 0 aromatic carbocycles. The normalized spacial score (nSPS) is 11.3. The highest BCUT2D eigenvalue weighted by Crippen LogP contribution is 2.22. The molecule has 1 rings (SSSR count). The van der Waals surface area contributed by atoms with Gasteiger partial charge in [-0.1, -0.05) is 0 Å². The predicted octanol–water partition coefficient (Wildman–Crippen LogP) is 1.21. The molecule has 0 unspecified atom stereocenters. The molecule has 0 saturated carbocycles.